The molecule has 142 valence electrons. The lowest BCUT2D eigenvalue weighted by Crippen LogP contribution is -2.31. The van der Waals surface area contributed by atoms with Gasteiger partial charge in [0.05, 0.1) is 12.0 Å². The highest BCUT2D eigenvalue weighted by atomic mass is 32.2. The van der Waals surface area contributed by atoms with Crippen LogP contribution in [-0.2, 0) is 0 Å². The molecule has 3 aromatic heterocycles. The van der Waals surface area contributed by atoms with Crippen molar-refractivity contribution in [1.82, 2.24) is 19.9 Å². The highest BCUT2D eigenvalue weighted by Crippen LogP contribution is 2.39. The number of thiophene rings is 1. The van der Waals surface area contributed by atoms with Crippen molar-refractivity contribution < 1.29 is 4.74 Å². The van der Waals surface area contributed by atoms with Gasteiger partial charge in [-0.3, -0.25) is 0 Å². The highest BCUT2D eigenvalue weighted by Gasteiger charge is 2.23. The van der Waals surface area contributed by atoms with Crippen molar-refractivity contribution in [2.24, 2.45) is 0 Å². The monoisotopic (exact) mass is 410 g/mol. The van der Waals surface area contributed by atoms with Gasteiger partial charge in [-0.1, -0.05) is 6.07 Å². The number of methoxy groups -OCH3 is 1. The SMILES string of the molecule is COc1nc(Sc2cc(C#N)ncn2)c(-c2cccs2)nc1N1CCCCC1. The molecule has 0 spiro atoms. The van der Waals surface area contributed by atoms with Gasteiger partial charge in [-0.2, -0.15) is 5.26 Å². The van der Waals surface area contributed by atoms with Crippen LogP contribution in [0.2, 0.25) is 0 Å². The molecule has 1 aliphatic rings. The molecule has 0 saturated carbocycles. The number of anilines is 1. The van der Waals surface area contributed by atoms with E-state index >= 15 is 0 Å². The number of nitriles is 1. The minimum atomic E-state index is 0.319. The molecule has 1 aliphatic heterocycles. The summed E-state index contributed by atoms with van der Waals surface area (Å²) in [4.78, 5) is 21.2. The fourth-order valence-corrected chi connectivity index (χ4v) is 4.67. The molecule has 28 heavy (non-hydrogen) atoms. The third-order valence-electron chi connectivity index (χ3n) is 4.38. The molecule has 0 amide bonds. The Hall–Kier alpha value is -2.70. The minimum absolute atomic E-state index is 0.319. The van der Waals surface area contributed by atoms with Crippen LogP contribution in [0.1, 0.15) is 25.0 Å². The van der Waals surface area contributed by atoms with Crippen molar-refractivity contribution in [3.05, 3.63) is 35.6 Å². The van der Waals surface area contributed by atoms with E-state index < -0.39 is 0 Å². The van der Waals surface area contributed by atoms with Crippen LogP contribution in [0.5, 0.6) is 5.88 Å². The van der Waals surface area contributed by atoms with Crippen LogP contribution in [-0.4, -0.2) is 40.1 Å². The second-order valence-electron chi connectivity index (χ2n) is 6.19. The molecule has 0 bridgehead atoms. The normalized spacial score (nSPS) is 13.9. The largest absolute Gasteiger partial charge is 0.478 e. The average Bonchev–Trinajstić information content (AvgIpc) is 3.29. The molecule has 7 nitrogen and oxygen atoms in total. The second-order valence-corrected chi connectivity index (χ2v) is 8.15. The molecular weight excluding hydrogens is 392 g/mol. The van der Waals surface area contributed by atoms with Crippen molar-refractivity contribution in [3.8, 4) is 22.5 Å². The van der Waals surface area contributed by atoms with Gasteiger partial charge in [0.15, 0.2) is 5.82 Å². The molecule has 3 aromatic rings. The molecule has 4 heterocycles. The third-order valence-corrected chi connectivity index (χ3v) is 6.16. The van der Waals surface area contributed by atoms with Crippen LogP contribution >= 0.6 is 23.1 Å². The molecule has 0 atom stereocenters. The Balaban J connectivity index is 1.79. The van der Waals surface area contributed by atoms with Gasteiger partial charge in [-0.05, 0) is 42.5 Å². The molecule has 0 radical (unpaired) electrons. The summed E-state index contributed by atoms with van der Waals surface area (Å²) in [6, 6.07) is 7.72. The predicted molar refractivity (Wildman–Crippen MR) is 109 cm³/mol. The van der Waals surface area contributed by atoms with Gasteiger partial charge >= 0.3 is 0 Å². The number of hydrogen-bond acceptors (Lipinski definition) is 9. The maximum atomic E-state index is 9.09. The zero-order chi connectivity index (χ0) is 19.3. The number of ether oxygens (including phenoxy) is 1. The molecule has 9 heteroatoms. The van der Waals surface area contributed by atoms with Gasteiger partial charge in [-0.15, -0.1) is 11.3 Å². The number of piperidine rings is 1. The Morgan fingerprint density at radius 2 is 2.07 bits per heavy atom. The summed E-state index contributed by atoms with van der Waals surface area (Å²) in [6.07, 6.45) is 4.92. The molecule has 0 unspecified atom stereocenters. The van der Waals surface area contributed by atoms with Gasteiger partial charge in [0, 0.05) is 19.2 Å². The van der Waals surface area contributed by atoms with E-state index in [9.17, 15) is 0 Å². The average molecular weight is 411 g/mol. The molecule has 0 aromatic carbocycles. The molecule has 0 N–H and O–H groups in total. The van der Waals surface area contributed by atoms with Crippen molar-refractivity contribution in [1.29, 1.82) is 5.26 Å². The molecule has 0 aliphatic carbocycles. The van der Waals surface area contributed by atoms with Crippen molar-refractivity contribution in [2.75, 3.05) is 25.1 Å². The number of hydrogen-bond donors (Lipinski definition) is 0. The van der Waals surface area contributed by atoms with E-state index in [0.29, 0.717) is 21.6 Å². The molecular formula is C19H18N6OS2. The fraction of sp³-hybridized carbons (Fsp3) is 0.316. The zero-order valence-electron chi connectivity index (χ0n) is 15.3. The first-order chi connectivity index (χ1) is 13.8. The standard InChI is InChI=1S/C19H18N6OS2/c1-26-18-17(25-7-3-2-4-8-25)23-16(14-6-5-9-27-14)19(24-18)28-15-10-13(11-20)21-12-22-15/h5-6,9-10,12H,2-4,7-8H2,1H3. The minimum Gasteiger partial charge on any atom is -0.478 e. The van der Waals surface area contributed by atoms with Crippen LogP contribution in [0.15, 0.2) is 40.0 Å². The number of aromatic nitrogens is 4. The summed E-state index contributed by atoms with van der Waals surface area (Å²) in [5.41, 5.74) is 1.12. The van der Waals surface area contributed by atoms with Gasteiger partial charge in [-0.25, -0.2) is 19.9 Å². The lowest BCUT2D eigenvalue weighted by atomic mass is 10.1. The molecule has 1 fully saturated rings. The summed E-state index contributed by atoms with van der Waals surface area (Å²) in [5.74, 6) is 1.30. The van der Waals surface area contributed by atoms with E-state index in [0.717, 1.165) is 42.3 Å². The topological polar surface area (TPSA) is 87.8 Å². The van der Waals surface area contributed by atoms with Crippen LogP contribution in [0, 0.1) is 11.3 Å². The first kappa shape index (κ1) is 18.7. The van der Waals surface area contributed by atoms with E-state index in [1.807, 2.05) is 23.6 Å². The molecule has 4 rings (SSSR count). The Labute approximate surface area is 171 Å². The smallest absolute Gasteiger partial charge is 0.258 e. The maximum Gasteiger partial charge on any atom is 0.258 e. The van der Waals surface area contributed by atoms with Crippen molar-refractivity contribution >= 4 is 28.9 Å². The fourth-order valence-electron chi connectivity index (χ4n) is 3.05. The zero-order valence-corrected chi connectivity index (χ0v) is 17.0. The van der Waals surface area contributed by atoms with Crippen molar-refractivity contribution in [2.45, 2.75) is 29.3 Å². The lowest BCUT2D eigenvalue weighted by molar-refractivity contribution is 0.390. The predicted octanol–water partition coefficient (Wildman–Crippen LogP) is 4.02. The van der Waals surface area contributed by atoms with E-state index in [1.165, 1.54) is 24.5 Å². The van der Waals surface area contributed by atoms with Crippen molar-refractivity contribution in [3.63, 3.8) is 0 Å². The van der Waals surface area contributed by atoms with Crippen LogP contribution in [0.25, 0.3) is 10.6 Å². The summed E-state index contributed by atoms with van der Waals surface area (Å²) in [6.45, 7) is 1.91. The van der Waals surface area contributed by atoms with Crippen LogP contribution < -0.4 is 9.64 Å². The van der Waals surface area contributed by atoms with Gasteiger partial charge in [0.1, 0.15) is 33.8 Å². The summed E-state index contributed by atoms with van der Waals surface area (Å²) in [7, 11) is 1.62. The molecule has 1 saturated heterocycles. The van der Waals surface area contributed by atoms with E-state index in [4.69, 9.17) is 20.0 Å². The lowest BCUT2D eigenvalue weighted by Gasteiger charge is -2.29. The summed E-state index contributed by atoms with van der Waals surface area (Å²) < 4.78 is 5.58. The third kappa shape index (κ3) is 3.93. The first-order valence-corrected chi connectivity index (χ1v) is 10.6. The van der Waals surface area contributed by atoms with E-state index in [1.54, 1.807) is 24.5 Å². The Bertz CT molecular complexity index is 996. The van der Waals surface area contributed by atoms with E-state index in [2.05, 4.69) is 14.9 Å². The maximum absolute atomic E-state index is 9.09. The summed E-state index contributed by atoms with van der Waals surface area (Å²) >= 11 is 2.98. The number of rotatable bonds is 5. The van der Waals surface area contributed by atoms with Crippen LogP contribution in [0.3, 0.4) is 0 Å². The second kappa shape index (κ2) is 8.54. The van der Waals surface area contributed by atoms with Gasteiger partial charge in [0.2, 0.25) is 0 Å². The highest BCUT2D eigenvalue weighted by molar-refractivity contribution is 7.99. The Kier molecular flexibility index (Phi) is 5.69. The van der Waals surface area contributed by atoms with Gasteiger partial charge in [0.25, 0.3) is 5.88 Å². The Morgan fingerprint density at radius 1 is 1.21 bits per heavy atom. The summed E-state index contributed by atoms with van der Waals surface area (Å²) in [5, 5.41) is 12.5. The quantitative estimate of drug-likeness (QED) is 0.583. The number of nitrogens with zero attached hydrogens (tertiary/aromatic N) is 6. The Morgan fingerprint density at radius 3 is 2.79 bits per heavy atom. The first-order valence-electron chi connectivity index (χ1n) is 8.93. The van der Waals surface area contributed by atoms with E-state index in [-0.39, 0.29) is 0 Å². The van der Waals surface area contributed by atoms with Crippen LogP contribution in [0.4, 0.5) is 5.82 Å². The van der Waals surface area contributed by atoms with Gasteiger partial charge < -0.3 is 9.64 Å².